The second-order valence-corrected chi connectivity index (χ2v) is 3.71. The maximum atomic E-state index is 8.53. The summed E-state index contributed by atoms with van der Waals surface area (Å²) in [6.45, 7) is 0. The van der Waals surface area contributed by atoms with Crippen molar-refractivity contribution in [2.75, 3.05) is 0 Å². The second kappa shape index (κ2) is 4.64. The summed E-state index contributed by atoms with van der Waals surface area (Å²) in [7, 11) is 0. The van der Waals surface area contributed by atoms with Crippen LogP contribution in [0.3, 0.4) is 0 Å². The lowest BCUT2D eigenvalue weighted by Crippen LogP contribution is -1.88. The number of nitrogens with zero attached hydrogens (tertiary/aromatic N) is 1. The summed E-state index contributed by atoms with van der Waals surface area (Å²) in [5, 5.41) is 9.34. The molecule has 0 bridgehead atoms. The molecule has 0 radical (unpaired) electrons. The van der Waals surface area contributed by atoms with E-state index in [1.54, 1.807) is 0 Å². The lowest BCUT2D eigenvalue weighted by atomic mass is 10.1. The number of benzene rings is 1. The molecule has 0 N–H and O–H groups in total. The number of halogens is 2. The third-order valence-corrected chi connectivity index (χ3v) is 3.19. The number of hydrogen-bond acceptors (Lipinski definition) is 1. The Morgan fingerprint density at radius 2 is 2.00 bits per heavy atom. The van der Waals surface area contributed by atoms with Gasteiger partial charge in [-0.3, -0.25) is 0 Å². The summed E-state index contributed by atoms with van der Waals surface area (Å²) in [4.78, 5) is 0. The molecule has 0 fully saturated rings. The van der Waals surface area contributed by atoms with Gasteiger partial charge in [-0.25, -0.2) is 0 Å². The van der Waals surface area contributed by atoms with E-state index in [1.807, 2.05) is 18.2 Å². The highest BCUT2D eigenvalue weighted by molar-refractivity contribution is 9.10. The van der Waals surface area contributed by atoms with E-state index in [-0.39, 0.29) is 0 Å². The molecule has 3 heteroatoms. The van der Waals surface area contributed by atoms with E-state index in [9.17, 15) is 0 Å². The fourth-order valence-electron chi connectivity index (χ4n) is 0.958. The summed E-state index contributed by atoms with van der Waals surface area (Å²) in [5.74, 6) is 0. The fraction of sp³-hybridized carbons (Fsp3) is 0.222. The number of hydrogen-bond donors (Lipinski definition) is 0. The van der Waals surface area contributed by atoms with Crippen LogP contribution in [-0.2, 0) is 11.8 Å². The van der Waals surface area contributed by atoms with Crippen molar-refractivity contribution in [2.24, 2.45) is 0 Å². The number of alkyl halides is 1. The van der Waals surface area contributed by atoms with Gasteiger partial charge in [0.05, 0.1) is 12.5 Å². The van der Waals surface area contributed by atoms with Gasteiger partial charge in [-0.15, -0.1) is 0 Å². The molecule has 1 rings (SSSR count). The Labute approximate surface area is 88.7 Å². The second-order valence-electron chi connectivity index (χ2n) is 2.36. The predicted octanol–water partition coefficient (Wildman–Crippen LogP) is 3.41. The average molecular weight is 289 g/mol. The van der Waals surface area contributed by atoms with Crippen LogP contribution in [0.2, 0.25) is 0 Å². The average Bonchev–Trinajstić information content (AvgIpc) is 2.09. The highest BCUT2D eigenvalue weighted by Gasteiger charge is 2.02. The predicted molar refractivity (Wildman–Crippen MR) is 56.1 cm³/mol. The molecule has 0 heterocycles. The quantitative estimate of drug-likeness (QED) is 0.765. The van der Waals surface area contributed by atoms with Gasteiger partial charge in [0.15, 0.2) is 0 Å². The van der Waals surface area contributed by atoms with E-state index in [0.29, 0.717) is 6.42 Å². The van der Waals surface area contributed by atoms with E-state index in [2.05, 4.69) is 37.9 Å². The monoisotopic (exact) mass is 287 g/mol. The van der Waals surface area contributed by atoms with Crippen molar-refractivity contribution < 1.29 is 0 Å². The highest BCUT2D eigenvalue weighted by atomic mass is 79.9. The van der Waals surface area contributed by atoms with Crippen LogP contribution in [0.25, 0.3) is 0 Å². The van der Waals surface area contributed by atoms with Crippen molar-refractivity contribution in [2.45, 2.75) is 11.8 Å². The summed E-state index contributed by atoms with van der Waals surface area (Å²) in [6, 6.07) is 8.08. The molecule has 0 saturated carbocycles. The van der Waals surface area contributed by atoms with E-state index < -0.39 is 0 Å². The molecule has 0 aliphatic carbocycles. The molecule has 0 unspecified atom stereocenters. The van der Waals surface area contributed by atoms with Gasteiger partial charge in [-0.05, 0) is 11.1 Å². The van der Waals surface area contributed by atoms with Gasteiger partial charge in [0.1, 0.15) is 0 Å². The first-order valence-corrected chi connectivity index (χ1v) is 5.40. The van der Waals surface area contributed by atoms with E-state index in [4.69, 9.17) is 5.26 Å². The standard InChI is InChI=1S/C9H7Br2N/c10-6-8-3-1-2-7(4-5-12)9(8)11/h1-3H,4,6H2. The molecule has 1 aromatic rings. The molecule has 0 amide bonds. The molecule has 0 atom stereocenters. The van der Waals surface area contributed by atoms with Crippen molar-refractivity contribution in [3.05, 3.63) is 33.8 Å². The van der Waals surface area contributed by atoms with Crippen LogP contribution in [0.4, 0.5) is 0 Å². The Kier molecular flexibility index (Phi) is 3.77. The minimum absolute atomic E-state index is 0.460. The molecule has 0 saturated heterocycles. The Hall–Kier alpha value is -0.330. The molecule has 62 valence electrons. The van der Waals surface area contributed by atoms with Crippen molar-refractivity contribution in [3.8, 4) is 6.07 Å². The van der Waals surface area contributed by atoms with Crippen LogP contribution >= 0.6 is 31.9 Å². The van der Waals surface area contributed by atoms with E-state index >= 15 is 0 Å². The van der Waals surface area contributed by atoms with Crippen molar-refractivity contribution in [1.82, 2.24) is 0 Å². The number of rotatable bonds is 2. The fourth-order valence-corrected chi connectivity index (χ4v) is 2.35. The van der Waals surface area contributed by atoms with Crippen LogP contribution in [0, 0.1) is 11.3 Å². The highest BCUT2D eigenvalue weighted by Crippen LogP contribution is 2.23. The third-order valence-electron chi connectivity index (χ3n) is 1.57. The van der Waals surface area contributed by atoms with Gasteiger partial charge in [-0.2, -0.15) is 5.26 Å². The first-order valence-electron chi connectivity index (χ1n) is 3.48. The molecular weight excluding hydrogens is 282 g/mol. The van der Waals surface area contributed by atoms with Crippen molar-refractivity contribution in [1.29, 1.82) is 5.26 Å². The normalized spacial score (nSPS) is 9.42. The van der Waals surface area contributed by atoms with Crippen LogP contribution in [0.5, 0.6) is 0 Å². The summed E-state index contributed by atoms with van der Waals surface area (Å²) in [6.07, 6.45) is 0.460. The van der Waals surface area contributed by atoms with Gasteiger partial charge < -0.3 is 0 Å². The molecular formula is C9H7Br2N. The Balaban J connectivity index is 3.07. The molecule has 0 aliphatic rings. The van der Waals surface area contributed by atoms with Crippen molar-refractivity contribution >= 4 is 31.9 Å². The molecule has 0 spiro atoms. The number of nitriles is 1. The molecule has 0 aromatic heterocycles. The van der Waals surface area contributed by atoms with Crippen LogP contribution in [0.15, 0.2) is 22.7 Å². The maximum Gasteiger partial charge on any atom is 0.0670 e. The lowest BCUT2D eigenvalue weighted by Gasteiger charge is -2.03. The van der Waals surface area contributed by atoms with Crippen LogP contribution < -0.4 is 0 Å². The topological polar surface area (TPSA) is 23.8 Å². The zero-order valence-corrected chi connectivity index (χ0v) is 9.52. The summed E-state index contributed by atoms with van der Waals surface area (Å²) >= 11 is 6.84. The van der Waals surface area contributed by atoms with Gasteiger partial charge in [0.25, 0.3) is 0 Å². The van der Waals surface area contributed by atoms with E-state index in [0.717, 1.165) is 15.4 Å². The molecule has 12 heavy (non-hydrogen) atoms. The van der Waals surface area contributed by atoms with Crippen molar-refractivity contribution in [3.63, 3.8) is 0 Å². The minimum Gasteiger partial charge on any atom is -0.198 e. The molecule has 0 aliphatic heterocycles. The van der Waals surface area contributed by atoms with Gasteiger partial charge >= 0.3 is 0 Å². The van der Waals surface area contributed by atoms with Gasteiger partial charge in [-0.1, -0.05) is 50.1 Å². The first-order chi connectivity index (χ1) is 5.79. The zero-order valence-electron chi connectivity index (χ0n) is 6.35. The van der Waals surface area contributed by atoms with Gasteiger partial charge in [0.2, 0.25) is 0 Å². The minimum atomic E-state index is 0.460. The maximum absolute atomic E-state index is 8.53. The van der Waals surface area contributed by atoms with Gasteiger partial charge in [0, 0.05) is 9.80 Å². The molecule has 1 nitrogen and oxygen atoms in total. The smallest absolute Gasteiger partial charge is 0.0670 e. The Morgan fingerprint density at radius 3 is 2.58 bits per heavy atom. The zero-order chi connectivity index (χ0) is 8.97. The molecule has 1 aromatic carbocycles. The van der Waals surface area contributed by atoms with Crippen LogP contribution in [-0.4, -0.2) is 0 Å². The van der Waals surface area contributed by atoms with Crippen LogP contribution in [0.1, 0.15) is 11.1 Å². The Morgan fingerprint density at radius 1 is 1.33 bits per heavy atom. The summed E-state index contributed by atoms with van der Waals surface area (Å²) in [5.41, 5.74) is 2.23. The summed E-state index contributed by atoms with van der Waals surface area (Å²) < 4.78 is 1.04. The lowest BCUT2D eigenvalue weighted by molar-refractivity contribution is 1.22. The third kappa shape index (κ3) is 2.09. The first kappa shape index (κ1) is 9.76. The largest absolute Gasteiger partial charge is 0.198 e. The Bertz CT molecular complexity index is 315. The SMILES string of the molecule is N#CCc1cccc(CBr)c1Br. The van der Waals surface area contributed by atoms with E-state index in [1.165, 1.54) is 5.56 Å².